The van der Waals surface area contributed by atoms with Gasteiger partial charge in [-0.2, -0.15) is 0 Å². The van der Waals surface area contributed by atoms with E-state index < -0.39 is 19.0 Å². The highest BCUT2D eigenvalue weighted by molar-refractivity contribution is 7.48. The van der Waals surface area contributed by atoms with E-state index in [1.54, 1.807) is 71.5 Å². The van der Waals surface area contributed by atoms with Gasteiger partial charge >= 0.3 is 7.82 Å². The first kappa shape index (κ1) is 30.1. The topological polar surface area (TPSA) is 94.5 Å². The molecule has 4 rings (SSSR count). The highest BCUT2D eigenvalue weighted by Crippen LogP contribution is 2.56. The van der Waals surface area contributed by atoms with Crippen molar-refractivity contribution in [1.29, 1.82) is 0 Å². The van der Waals surface area contributed by atoms with E-state index in [1.165, 1.54) is 0 Å². The molecule has 3 aromatic rings. The molecule has 2 heterocycles. The molecule has 0 saturated heterocycles. The van der Waals surface area contributed by atoms with Crippen LogP contribution in [0.4, 0.5) is 0 Å². The largest absolute Gasteiger partial charge is 0.497 e. The van der Waals surface area contributed by atoms with Crippen molar-refractivity contribution in [1.82, 2.24) is 4.57 Å². The van der Waals surface area contributed by atoms with Crippen LogP contribution in [-0.2, 0) is 31.3 Å². The van der Waals surface area contributed by atoms with Crippen LogP contribution in [0.3, 0.4) is 0 Å². The molecule has 0 amide bonds. The SMILES string of the molecule is CCCOc1cc2c(c3c(=O)c(-c4ccc(OC)cc4)cn(COP(=O)(OC(C)(C)C)OC(C)(C)C)c13)OCC2. The van der Waals surface area contributed by atoms with Crippen LogP contribution in [0, 0.1) is 0 Å². The summed E-state index contributed by atoms with van der Waals surface area (Å²) in [5.74, 6) is 1.74. The number of phosphoric acid groups is 1. The third kappa shape index (κ3) is 6.89. The first-order chi connectivity index (χ1) is 18.7. The molecule has 0 atom stereocenters. The average molecular weight is 574 g/mol. The van der Waals surface area contributed by atoms with Gasteiger partial charge in [0.25, 0.3) is 0 Å². The summed E-state index contributed by atoms with van der Waals surface area (Å²) in [4.78, 5) is 14.1. The summed E-state index contributed by atoms with van der Waals surface area (Å²) in [5, 5.41) is 0.390. The first-order valence-corrected chi connectivity index (χ1v) is 15.0. The Morgan fingerprint density at radius 1 is 1.02 bits per heavy atom. The molecule has 0 radical (unpaired) electrons. The van der Waals surface area contributed by atoms with Crippen molar-refractivity contribution in [2.45, 2.75) is 79.2 Å². The third-order valence-corrected chi connectivity index (χ3v) is 7.92. The van der Waals surface area contributed by atoms with Crippen molar-refractivity contribution in [3.05, 3.63) is 52.3 Å². The van der Waals surface area contributed by atoms with Crippen molar-refractivity contribution in [2.24, 2.45) is 0 Å². The predicted octanol–water partition coefficient (Wildman–Crippen LogP) is 7.11. The van der Waals surface area contributed by atoms with Gasteiger partial charge in [-0.15, -0.1) is 0 Å². The highest BCUT2D eigenvalue weighted by atomic mass is 31.2. The second-order valence-electron chi connectivity index (χ2n) is 11.7. The second-order valence-corrected chi connectivity index (χ2v) is 13.2. The Bertz CT molecular complexity index is 1450. The molecule has 218 valence electrons. The van der Waals surface area contributed by atoms with Gasteiger partial charge in [0.2, 0.25) is 5.43 Å². The van der Waals surface area contributed by atoms with Crippen LogP contribution in [-0.4, -0.2) is 36.1 Å². The monoisotopic (exact) mass is 573 g/mol. The Kier molecular flexibility index (Phi) is 8.71. The minimum absolute atomic E-state index is 0.198. The Labute approximate surface area is 235 Å². The van der Waals surface area contributed by atoms with Gasteiger partial charge < -0.3 is 18.8 Å². The number of hydrogen-bond acceptors (Lipinski definition) is 8. The van der Waals surface area contributed by atoms with Crippen LogP contribution >= 0.6 is 7.82 Å². The van der Waals surface area contributed by atoms with Gasteiger partial charge in [-0.3, -0.25) is 18.4 Å². The number of benzene rings is 2. The summed E-state index contributed by atoms with van der Waals surface area (Å²) in [7, 11) is -2.47. The van der Waals surface area contributed by atoms with Crippen molar-refractivity contribution in [3.63, 3.8) is 0 Å². The number of phosphoric ester groups is 1. The van der Waals surface area contributed by atoms with E-state index in [9.17, 15) is 9.36 Å². The van der Waals surface area contributed by atoms with E-state index in [-0.39, 0.29) is 12.2 Å². The zero-order chi connectivity index (χ0) is 29.3. The Morgan fingerprint density at radius 2 is 1.68 bits per heavy atom. The fourth-order valence-corrected chi connectivity index (χ4v) is 6.23. The van der Waals surface area contributed by atoms with E-state index >= 15 is 0 Å². The van der Waals surface area contributed by atoms with Crippen LogP contribution in [0.15, 0.2) is 41.3 Å². The summed E-state index contributed by atoms with van der Waals surface area (Å²) in [5.41, 5.74) is 0.717. The standard InChI is InChI=1S/C30H40NO8P/c1-9-15-35-24-17-21-14-16-36-28(21)25-26(24)31(18-23(27(25)32)20-10-12-22(34-8)13-11-20)19-37-40(33,38-29(2,3)4)39-30(5,6)7/h10-13,17-18H,9,14-16,19H2,1-8H3. The highest BCUT2D eigenvalue weighted by Gasteiger charge is 2.37. The zero-order valence-corrected chi connectivity index (χ0v) is 25.6. The van der Waals surface area contributed by atoms with E-state index in [4.69, 9.17) is 27.8 Å². The molecular weight excluding hydrogens is 533 g/mol. The number of aromatic nitrogens is 1. The fraction of sp³-hybridized carbons (Fsp3) is 0.500. The van der Waals surface area contributed by atoms with Gasteiger partial charge in [0.15, 0.2) is 0 Å². The maximum atomic E-state index is 14.1. The van der Waals surface area contributed by atoms with Gasteiger partial charge in [0, 0.05) is 23.7 Å². The number of methoxy groups -OCH3 is 1. The Hall–Kier alpha value is -2.84. The number of nitrogens with zero attached hydrogens (tertiary/aromatic N) is 1. The first-order valence-electron chi connectivity index (χ1n) is 13.5. The van der Waals surface area contributed by atoms with Crippen molar-refractivity contribution >= 4 is 18.7 Å². The normalized spacial score (nSPS) is 13.8. The van der Waals surface area contributed by atoms with Gasteiger partial charge in [-0.1, -0.05) is 19.1 Å². The summed E-state index contributed by atoms with van der Waals surface area (Å²) >= 11 is 0. The molecule has 1 aromatic heterocycles. The minimum Gasteiger partial charge on any atom is -0.497 e. The smallest absolute Gasteiger partial charge is 0.477 e. The number of rotatable bonds is 10. The maximum absolute atomic E-state index is 14.1. The molecule has 1 aliphatic heterocycles. The lowest BCUT2D eigenvalue weighted by Gasteiger charge is -2.31. The molecule has 0 fully saturated rings. The van der Waals surface area contributed by atoms with E-state index in [1.807, 2.05) is 25.1 Å². The molecule has 0 unspecified atom stereocenters. The van der Waals surface area contributed by atoms with Gasteiger partial charge in [0.05, 0.1) is 36.9 Å². The molecule has 9 nitrogen and oxygen atoms in total. The summed E-state index contributed by atoms with van der Waals surface area (Å²) in [6.45, 7) is 13.4. The van der Waals surface area contributed by atoms with Crippen LogP contribution in [0.1, 0.15) is 60.5 Å². The molecule has 10 heteroatoms. The average Bonchev–Trinajstić information content (AvgIpc) is 3.33. The van der Waals surface area contributed by atoms with Gasteiger partial charge in [0.1, 0.15) is 29.5 Å². The van der Waals surface area contributed by atoms with E-state index in [0.29, 0.717) is 58.9 Å². The zero-order valence-electron chi connectivity index (χ0n) is 24.7. The lowest BCUT2D eigenvalue weighted by atomic mass is 10.0. The summed E-state index contributed by atoms with van der Waals surface area (Å²) in [6.07, 6.45) is 3.14. The lowest BCUT2D eigenvalue weighted by Crippen LogP contribution is -2.25. The molecule has 0 bridgehead atoms. The van der Waals surface area contributed by atoms with E-state index in [2.05, 4.69) is 0 Å². The molecule has 0 saturated carbocycles. The molecule has 0 spiro atoms. The number of ether oxygens (including phenoxy) is 3. The summed E-state index contributed by atoms with van der Waals surface area (Å²) in [6, 6.07) is 9.15. The van der Waals surface area contributed by atoms with Crippen LogP contribution in [0.25, 0.3) is 22.0 Å². The molecule has 40 heavy (non-hydrogen) atoms. The van der Waals surface area contributed by atoms with Gasteiger partial charge in [-0.05, 0) is 71.7 Å². The quantitative estimate of drug-likeness (QED) is 0.237. The number of pyridine rings is 1. The third-order valence-electron chi connectivity index (χ3n) is 5.94. The maximum Gasteiger partial charge on any atom is 0.477 e. The van der Waals surface area contributed by atoms with E-state index in [0.717, 1.165) is 12.0 Å². The minimum atomic E-state index is -4.06. The number of fused-ring (bicyclic) bond motifs is 3. The molecule has 0 aliphatic carbocycles. The van der Waals surface area contributed by atoms with Crippen LogP contribution in [0.5, 0.6) is 17.2 Å². The Morgan fingerprint density at radius 3 is 2.25 bits per heavy atom. The Balaban J connectivity index is 1.93. The van der Waals surface area contributed by atoms with Crippen LogP contribution < -0.4 is 19.6 Å². The lowest BCUT2D eigenvalue weighted by molar-refractivity contribution is -0.00573. The number of hydrogen-bond donors (Lipinski definition) is 0. The molecular formula is C30H40NO8P. The van der Waals surface area contributed by atoms with Crippen molar-refractivity contribution < 1.29 is 32.3 Å². The van der Waals surface area contributed by atoms with Crippen molar-refractivity contribution in [2.75, 3.05) is 20.3 Å². The fourth-order valence-electron chi connectivity index (χ4n) is 4.48. The van der Waals surface area contributed by atoms with Crippen LogP contribution in [0.2, 0.25) is 0 Å². The predicted molar refractivity (Wildman–Crippen MR) is 156 cm³/mol. The van der Waals surface area contributed by atoms with Crippen molar-refractivity contribution in [3.8, 4) is 28.4 Å². The second kappa shape index (κ2) is 11.6. The van der Waals surface area contributed by atoms with Gasteiger partial charge in [-0.25, -0.2) is 4.57 Å². The summed E-state index contributed by atoms with van der Waals surface area (Å²) < 4.78 is 50.7. The molecule has 1 aliphatic rings. The molecule has 2 aromatic carbocycles. The molecule has 0 N–H and O–H groups in total.